The van der Waals surface area contributed by atoms with Gasteiger partial charge in [0.25, 0.3) is 5.91 Å². The Morgan fingerprint density at radius 2 is 2.08 bits per heavy atom. The van der Waals surface area contributed by atoms with Crippen LogP contribution in [0.4, 0.5) is 23.2 Å². The number of nitrogens with one attached hydrogen (secondary N) is 2. The van der Waals surface area contributed by atoms with Crippen LogP contribution in [0, 0.1) is 18.3 Å². The minimum absolute atomic E-state index is 0.0584. The maximum atomic E-state index is 14.5. The molecule has 0 bridgehead atoms. The Labute approximate surface area is 214 Å². The van der Waals surface area contributed by atoms with E-state index in [1.54, 1.807) is 35.3 Å². The minimum atomic E-state index is -4.66. The summed E-state index contributed by atoms with van der Waals surface area (Å²) in [4.78, 5) is 18.9. The summed E-state index contributed by atoms with van der Waals surface area (Å²) in [7, 11) is 0. The van der Waals surface area contributed by atoms with Gasteiger partial charge in [0.2, 0.25) is 5.54 Å². The summed E-state index contributed by atoms with van der Waals surface area (Å²) in [5.74, 6) is -1.37. The quantitative estimate of drug-likeness (QED) is 0.288. The lowest BCUT2D eigenvalue weighted by atomic mass is 10.00. The second-order valence-corrected chi connectivity index (χ2v) is 9.67. The summed E-state index contributed by atoms with van der Waals surface area (Å²) in [5, 5.41) is 3.97. The molecule has 2 aliphatic rings. The molecule has 192 valence electrons. The maximum absolute atomic E-state index is 14.5. The largest absolute Gasteiger partial charge is 0.406 e. The first-order chi connectivity index (χ1) is 17.5. The van der Waals surface area contributed by atoms with Crippen molar-refractivity contribution in [2.45, 2.75) is 31.5 Å². The van der Waals surface area contributed by atoms with Crippen LogP contribution in [0.5, 0.6) is 0 Å². The van der Waals surface area contributed by atoms with E-state index in [2.05, 4.69) is 10.1 Å². The van der Waals surface area contributed by atoms with Crippen LogP contribution in [0.1, 0.15) is 23.2 Å². The molecule has 37 heavy (non-hydrogen) atoms. The third-order valence-corrected chi connectivity index (χ3v) is 7.13. The zero-order chi connectivity index (χ0) is 26.5. The van der Waals surface area contributed by atoms with Crippen LogP contribution < -0.4 is 9.80 Å². The number of carbonyl (C=O) groups is 1. The summed E-state index contributed by atoms with van der Waals surface area (Å²) in [6.07, 6.45) is 0.584. The van der Waals surface area contributed by atoms with Gasteiger partial charge in [-0.3, -0.25) is 14.6 Å². The van der Waals surface area contributed by atoms with Gasteiger partial charge in [-0.05, 0) is 37.6 Å². The van der Waals surface area contributed by atoms with Crippen molar-refractivity contribution in [3.63, 3.8) is 0 Å². The lowest BCUT2D eigenvalue weighted by Crippen LogP contribution is -2.93. The average molecular weight is 534 g/mol. The average Bonchev–Trinajstić information content (AvgIpc) is 3.41. The fourth-order valence-corrected chi connectivity index (χ4v) is 5.18. The van der Waals surface area contributed by atoms with Crippen LogP contribution in [0.3, 0.4) is 0 Å². The highest BCUT2D eigenvalue weighted by Gasteiger charge is 2.67. The molecule has 1 amide bonds. The Balaban J connectivity index is 1.46. The minimum Gasteiger partial charge on any atom is -0.305 e. The number of alkyl halides is 3. The Hall–Kier alpha value is -3.57. The van der Waals surface area contributed by atoms with Crippen LogP contribution in [0.2, 0.25) is 5.02 Å². The third-order valence-electron chi connectivity index (χ3n) is 6.83. The van der Waals surface area contributed by atoms with E-state index in [9.17, 15) is 22.4 Å². The molecular weight excluding hydrogens is 512 g/mol. The number of benzene rings is 2. The van der Waals surface area contributed by atoms with Crippen LogP contribution in [-0.2, 0) is 11.2 Å². The number of anilines is 1. The van der Waals surface area contributed by atoms with Crippen molar-refractivity contribution >= 4 is 28.9 Å². The van der Waals surface area contributed by atoms with Gasteiger partial charge in [0.1, 0.15) is 30.8 Å². The predicted molar refractivity (Wildman–Crippen MR) is 128 cm³/mol. The molecule has 0 radical (unpaired) electrons. The normalized spacial score (nSPS) is 21.7. The summed E-state index contributed by atoms with van der Waals surface area (Å²) < 4.78 is 56.6. The van der Waals surface area contributed by atoms with Crippen molar-refractivity contribution in [3.05, 3.63) is 82.8 Å². The Bertz CT molecular complexity index is 1430. The fourth-order valence-electron chi connectivity index (χ4n) is 4.90. The molecule has 2 aliphatic heterocycles. The van der Waals surface area contributed by atoms with E-state index in [-0.39, 0.29) is 36.3 Å². The number of imidazole rings is 1. The number of aryl methyl sites for hydroxylation is 1. The van der Waals surface area contributed by atoms with E-state index in [4.69, 9.17) is 17.1 Å². The van der Waals surface area contributed by atoms with Crippen LogP contribution in [0.25, 0.3) is 11.4 Å². The SMILES string of the molecule is Cc1cn(-c2ccc(/C(=C/[NH+]3C[C@@]34CCc3c(F)cccc3N(CC(F)(F)F)C4=O)N=N)cc2Cl)cn1. The molecule has 1 saturated heterocycles. The van der Waals surface area contributed by atoms with Gasteiger partial charge in [0.05, 0.1) is 28.4 Å². The van der Waals surface area contributed by atoms with Gasteiger partial charge in [0.15, 0.2) is 0 Å². The van der Waals surface area contributed by atoms with E-state index in [1.165, 1.54) is 18.2 Å². The summed E-state index contributed by atoms with van der Waals surface area (Å²) in [6.45, 7) is 0.537. The van der Waals surface area contributed by atoms with E-state index in [0.717, 1.165) is 5.69 Å². The Morgan fingerprint density at radius 1 is 1.30 bits per heavy atom. The van der Waals surface area contributed by atoms with Gasteiger partial charge in [-0.15, -0.1) is 0 Å². The number of rotatable bonds is 5. The number of hydrogen-bond donors (Lipinski definition) is 2. The highest BCUT2D eigenvalue weighted by Crippen LogP contribution is 2.36. The van der Waals surface area contributed by atoms with Gasteiger partial charge >= 0.3 is 6.18 Å². The maximum Gasteiger partial charge on any atom is 0.406 e. The molecular formula is C25H22ClF4N6O+. The number of amides is 1. The zero-order valence-corrected chi connectivity index (χ0v) is 20.4. The number of halogens is 5. The smallest absolute Gasteiger partial charge is 0.305 e. The second-order valence-electron chi connectivity index (χ2n) is 9.26. The summed E-state index contributed by atoms with van der Waals surface area (Å²) >= 11 is 6.47. The molecule has 2 N–H and O–H groups in total. The number of aromatic nitrogens is 2. The first-order valence-electron chi connectivity index (χ1n) is 11.4. The monoisotopic (exact) mass is 533 g/mol. The van der Waals surface area contributed by atoms with Gasteiger partial charge in [-0.1, -0.05) is 23.7 Å². The molecule has 5 rings (SSSR count). The predicted octanol–water partition coefficient (Wildman–Crippen LogP) is 4.48. The fraction of sp³-hybridized carbons (Fsp3) is 0.280. The number of fused-ring (bicyclic) bond motifs is 1. The molecule has 1 unspecified atom stereocenters. The van der Waals surface area contributed by atoms with Crippen molar-refractivity contribution in [3.8, 4) is 5.69 Å². The number of carbonyl (C=O) groups excluding carboxylic acids is 1. The highest BCUT2D eigenvalue weighted by atomic mass is 35.5. The number of quaternary nitrogens is 1. The Kier molecular flexibility index (Phi) is 6.15. The summed E-state index contributed by atoms with van der Waals surface area (Å²) in [6, 6.07) is 8.91. The molecule has 3 heterocycles. The van der Waals surface area contributed by atoms with Crippen molar-refractivity contribution in [2.24, 2.45) is 5.11 Å². The first kappa shape index (κ1) is 25.1. The van der Waals surface area contributed by atoms with Gasteiger partial charge < -0.3 is 4.57 Å². The molecule has 12 heteroatoms. The first-order valence-corrected chi connectivity index (χ1v) is 11.8. The van der Waals surface area contributed by atoms with E-state index in [0.29, 0.717) is 26.1 Å². The van der Waals surface area contributed by atoms with E-state index < -0.39 is 30.0 Å². The summed E-state index contributed by atoms with van der Waals surface area (Å²) in [5.41, 5.74) is 8.73. The number of nitrogens with zero attached hydrogens (tertiary/aromatic N) is 4. The van der Waals surface area contributed by atoms with Gasteiger partial charge in [-0.25, -0.2) is 14.9 Å². The molecule has 1 fully saturated rings. The molecule has 1 aromatic heterocycles. The van der Waals surface area contributed by atoms with Crippen LogP contribution >= 0.6 is 11.6 Å². The van der Waals surface area contributed by atoms with Crippen molar-refractivity contribution in [2.75, 3.05) is 18.0 Å². The third kappa shape index (κ3) is 4.64. The highest BCUT2D eigenvalue weighted by molar-refractivity contribution is 6.32. The van der Waals surface area contributed by atoms with Gasteiger partial charge in [0, 0.05) is 23.7 Å². The van der Waals surface area contributed by atoms with E-state index in [1.807, 2.05) is 13.1 Å². The van der Waals surface area contributed by atoms with E-state index >= 15 is 0 Å². The topological polar surface area (TPSA) is 78.8 Å². The number of hydrogen-bond acceptors (Lipinski definition) is 4. The molecule has 0 saturated carbocycles. The second kappa shape index (κ2) is 9.07. The standard InChI is InChI=1S/C25H21ClF4N6O/c1-15-10-34(14-32-15)22-6-5-16(9-18(22)26)20(33-31)11-35-12-24(35)8-7-17-19(27)3-2-4-21(17)36(23(24)37)13-25(28,29)30/h2-6,9-11,14,31H,7-8,12-13H2,1H3/p+1/b20-11-,33-31?/t24-,35?/m1/s1. The van der Waals surface area contributed by atoms with Crippen LogP contribution in [-0.4, -0.2) is 40.3 Å². The van der Waals surface area contributed by atoms with Crippen LogP contribution in [0.15, 0.2) is 60.2 Å². The molecule has 2 atom stereocenters. The van der Waals surface area contributed by atoms with Crippen molar-refractivity contribution in [1.82, 2.24) is 9.55 Å². The van der Waals surface area contributed by atoms with Gasteiger partial charge in [-0.2, -0.15) is 18.3 Å². The molecule has 7 nitrogen and oxygen atoms in total. The van der Waals surface area contributed by atoms with Crippen molar-refractivity contribution < 1.29 is 27.3 Å². The molecule has 2 aromatic carbocycles. The Morgan fingerprint density at radius 3 is 2.73 bits per heavy atom. The lowest BCUT2D eigenvalue weighted by molar-refractivity contribution is -0.724. The zero-order valence-electron chi connectivity index (χ0n) is 19.6. The van der Waals surface area contributed by atoms with Crippen molar-refractivity contribution in [1.29, 1.82) is 5.53 Å². The molecule has 1 spiro atoms. The molecule has 0 aliphatic carbocycles. The lowest BCUT2D eigenvalue weighted by Gasteiger charge is -2.25. The molecule has 3 aromatic rings.